The zero-order valence-corrected chi connectivity index (χ0v) is 10.3. The highest BCUT2D eigenvalue weighted by Gasteiger charge is 2.11. The first-order valence-corrected chi connectivity index (χ1v) is 5.85. The molecule has 0 aliphatic carbocycles. The van der Waals surface area contributed by atoms with Gasteiger partial charge in [0.15, 0.2) is 0 Å². The van der Waals surface area contributed by atoms with Crippen molar-refractivity contribution in [3.05, 3.63) is 70.5 Å². The third-order valence-electron chi connectivity index (χ3n) is 2.92. The summed E-state index contributed by atoms with van der Waals surface area (Å²) in [6, 6.07) is 7.36. The molecule has 4 heteroatoms. The van der Waals surface area contributed by atoms with Crippen molar-refractivity contribution in [2.75, 3.05) is 0 Å². The number of aryl methyl sites for hydroxylation is 1. The van der Waals surface area contributed by atoms with Crippen LogP contribution < -0.4 is 0 Å². The van der Waals surface area contributed by atoms with Gasteiger partial charge in [0.1, 0.15) is 17.5 Å². The van der Waals surface area contributed by atoms with Crippen LogP contribution in [0.4, 0.5) is 13.2 Å². The molecule has 0 bridgehead atoms. The summed E-state index contributed by atoms with van der Waals surface area (Å²) in [6.45, 7) is 1.59. The van der Waals surface area contributed by atoms with Crippen molar-refractivity contribution in [2.24, 2.45) is 0 Å². The van der Waals surface area contributed by atoms with E-state index in [9.17, 15) is 18.3 Å². The van der Waals surface area contributed by atoms with Crippen LogP contribution >= 0.6 is 0 Å². The van der Waals surface area contributed by atoms with Crippen molar-refractivity contribution in [1.82, 2.24) is 0 Å². The molecule has 0 heterocycles. The van der Waals surface area contributed by atoms with Crippen LogP contribution in [0.3, 0.4) is 0 Å². The standard InChI is InChI=1S/C15H13F3O/c1-9-4-11(2-3-14(9)18)15(19)7-10-5-12(16)8-13(17)6-10/h2-6,8,15,19H,7H2,1H3. The first kappa shape index (κ1) is 13.6. The van der Waals surface area contributed by atoms with Crippen molar-refractivity contribution in [1.29, 1.82) is 0 Å². The number of benzene rings is 2. The topological polar surface area (TPSA) is 20.2 Å². The molecule has 0 spiro atoms. The van der Waals surface area contributed by atoms with E-state index in [-0.39, 0.29) is 12.2 Å². The molecular weight excluding hydrogens is 253 g/mol. The van der Waals surface area contributed by atoms with E-state index in [1.165, 1.54) is 30.3 Å². The fraction of sp³-hybridized carbons (Fsp3) is 0.200. The van der Waals surface area contributed by atoms with Gasteiger partial charge in [0, 0.05) is 12.5 Å². The summed E-state index contributed by atoms with van der Waals surface area (Å²) >= 11 is 0. The Labute approximate surface area is 109 Å². The molecule has 1 atom stereocenters. The smallest absolute Gasteiger partial charge is 0.126 e. The van der Waals surface area contributed by atoms with E-state index in [4.69, 9.17) is 0 Å². The molecule has 0 radical (unpaired) electrons. The summed E-state index contributed by atoms with van der Waals surface area (Å²) in [6.07, 6.45) is -0.861. The Morgan fingerprint density at radius 1 is 1.00 bits per heavy atom. The van der Waals surface area contributed by atoms with E-state index in [0.29, 0.717) is 16.7 Å². The van der Waals surface area contributed by atoms with Crippen molar-refractivity contribution in [3.63, 3.8) is 0 Å². The first-order chi connectivity index (χ1) is 8.95. The van der Waals surface area contributed by atoms with Gasteiger partial charge in [0.05, 0.1) is 6.10 Å². The summed E-state index contributed by atoms with van der Waals surface area (Å²) in [5, 5.41) is 10.0. The van der Waals surface area contributed by atoms with Gasteiger partial charge in [-0.25, -0.2) is 13.2 Å². The maximum absolute atomic E-state index is 13.1. The zero-order chi connectivity index (χ0) is 14.0. The predicted molar refractivity (Wildman–Crippen MR) is 66.2 cm³/mol. The number of halogens is 3. The average Bonchev–Trinajstić information content (AvgIpc) is 2.31. The average molecular weight is 266 g/mol. The summed E-state index contributed by atoms with van der Waals surface area (Å²) in [5.74, 6) is -1.72. The van der Waals surface area contributed by atoms with Crippen LogP contribution in [0, 0.1) is 24.4 Å². The van der Waals surface area contributed by atoms with E-state index in [0.717, 1.165) is 6.07 Å². The van der Waals surface area contributed by atoms with Crippen LogP contribution in [0.2, 0.25) is 0 Å². The second kappa shape index (κ2) is 5.45. The second-order valence-electron chi connectivity index (χ2n) is 4.51. The highest BCUT2D eigenvalue weighted by molar-refractivity contribution is 5.27. The van der Waals surface area contributed by atoms with Crippen molar-refractivity contribution in [3.8, 4) is 0 Å². The normalized spacial score (nSPS) is 12.5. The lowest BCUT2D eigenvalue weighted by molar-refractivity contribution is 0.178. The van der Waals surface area contributed by atoms with E-state index in [1.807, 2.05) is 0 Å². The molecule has 0 saturated carbocycles. The molecule has 0 saturated heterocycles. The molecule has 1 N–H and O–H groups in total. The van der Waals surface area contributed by atoms with E-state index < -0.39 is 17.7 Å². The Morgan fingerprint density at radius 2 is 1.63 bits per heavy atom. The van der Waals surface area contributed by atoms with Crippen molar-refractivity contribution >= 4 is 0 Å². The highest BCUT2D eigenvalue weighted by atomic mass is 19.1. The van der Waals surface area contributed by atoms with Crippen LogP contribution in [0.15, 0.2) is 36.4 Å². The molecule has 0 amide bonds. The SMILES string of the molecule is Cc1cc(C(O)Cc2cc(F)cc(F)c2)ccc1F. The maximum atomic E-state index is 13.1. The predicted octanol–water partition coefficient (Wildman–Crippen LogP) is 3.69. The van der Waals surface area contributed by atoms with Crippen molar-refractivity contribution < 1.29 is 18.3 Å². The quantitative estimate of drug-likeness (QED) is 0.898. The molecule has 0 aromatic heterocycles. The van der Waals surface area contributed by atoms with Gasteiger partial charge in [0.2, 0.25) is 0 Å². The lowest BCUT2D eigenvalue weighted by atomic mass is 10.00. The van der Waals surface area contributed by atoms with Gasteiger partial charge in [-0.05, 0) is 41.8 Å². The summed E-state index contributed by atoms with van der Waals surface area (Å²) in [4.78, 5) is 0. The molecule has 0 aliphatic rings. The molecular formula is C15H13F3O. The highest BCUT2D eigenvalue weighted by Crippen LogP contribution is 2.21. The molecule has 100 valence electrons. The number of aliphatic hydroxyl groups is 1. The monoisotopic (exact) mass is 266 g/mol. The zero-order valence-electron chi connectivity index (χ0n) is 10.3. The van der Waals surface area contributed by atoms with E-state index in [2.05, 4.69) is 0 Å². The Hall–Kier alpha value is -1.81. The maximum Gasteiger partial charge on any atom is 0.126 e. The van der Waals surface area contributed by atoms with Gasteiger partial charge in [-0.1, -0.05) is 12.1 Å². The molecule has 2 aromatic carbocycles. The molecule has 2 aromatic rings. The van der Waals surface area contributed by atoms with Crippen LogP contribution in [0.1, 0.15) is 22.8 Å². The minimum Gasteiger partial charge on any atom is -0.388 e. The van der Waals surface area contributed by atoms with Crippen LogP contribution in [-0.4, -0.2) is 5.11 Å². The third-order valence-corrected chi connectivity index (χ3v) is 2.92. The van der Waals surface area contributed by atoms with Crippen LogP contribution in [0.5, 0.6) is 0 Å². The molecule has 2 rings (SSSR count). The van der Waals surface area contributed by atoms with Gasteiger partial charge in [-0.2, -0.15) is 0 Å². The minimum absolute atomic E-state index is 0.0692. The molecule has 19 heavy (non-hydrogen) atoms. The lowest BCUT2D eigenvalue weighted by Crippen LogP contribution is -2.03. The second-order valence-corrected chi connectivity index (χ2v) is 4.51. The van der Waals surface area contributed by atoms with Crippen LogP contribution in [-0.2, 0) is 6.42 Å². The summed E-state index contributed by atoms with van der Waals surface area (Å²) in [5.41, 5.74) is 1.29. The Morgan fingerprint density at radius 3 is 2.21 bits per heavy atom. The van der Waals surface area contributed by atoms with Gasteiger partial charge in [0.25, 0.3) is 0 Å². The molecule has 0 fully saturated rings. The number of hydrogen-bond donors (Lipinski definition) is 1. The minimum atomic E-state index is -0.930. The fourth-order valence-electron chi connectivity index (χ4n) is 1.95. The third kappa shape index (κ3) is 3.35. The van der Waals surface area contributed by atoms with E-state index in [1.54, 1.807) is 6.92 Å². The van der Waals surface area contributed by atoms with Gasteiger partial charge >= 0.3 is 0 Å². The van der Waals surface area contributed by atoms with Gasteiger partial charge < -0.3 is 5.11 Å². The summed E-state index contributed by atoms with van der Waals surface area (Å²) < 4.78 is 39.2. The Bertz CT molecular complexity index is 576. The molecule has 0 aliphatic heterocycles. The van der Waals surface area contributed by atoms with Crippen molar-refractivity contribution in [2.45, 2.75) is 19.4 Å². The van der Waals surface area contributed by atoms with Crippen LogP contribution in [0.25, 0.3) is 0 Å². The van der Waals surface area contributed by atoms with E-state index >= 15 is 0 Å². The number of rotatable bonds is 3. The molecule has 1 unspecified atom stereocenters. The van der Waals surface area contributed by atoms with Gasteiger partial charge in [-0.3, -0.25) is 0 Å². The Balaban J connectivity index is 2.20. The number of hydrogen-bond acceptors (Lipinski definition) is 1. The fourth-order valence-corrected chi connectivity index (χ4v) is 1.95. The lowest BCUT2D eigenvalue weighted by Gasteiger charge is -2.12. The Kier molecular flexibility index (Phi) is 3.90. The number of aliphatic hydroxyl groups excluding tert-OH is 1. The van der Waals surface area contributed by atoms with Gasteiger partial charge in [-0.15, -0.1) is 0 Å². The largest absolute Gasteiger partial charge is 0.388 e. The molecule has 1 nitrogen and oxygen atoms in total. The first-order valence-electron chi connectivity index (χ1n) is 5.85. The summed E-state index contributed by atoms with van der Waals surface area (Å²) in [7, 11) is 0.